The lowest BCUT2D eigenvalue weighted by Crippen LogP contribution is -2.52. The number of benzene rings is 3. The summed E-state index contributed by atoms with van der Waals surface area (Å²) in [7, 11) is -2.62. The summed E-state index contributed by atoms with van der Waals surface area (Å²) in [6, 6.07) is 17.9. The number of rotatable bonds is 11. The molecule has 3 aromatic carbocycles. The molecule has 1 N–H and O–H groups in total. The van der Waals surface area contributed by atoms with Crippen LogP contribution in [0.3, 0.4) is 0 Å². The second-order valence-electron chi connectivity index (χ2n) is 10.7. The summed E-state index contributed by atoms with van der Waals surface area (Å²) in [5.74, 6) is -0.187. The normalized spacial score (nSPS) is 14.3. The first kappa shape index (κ1) is 31.4. The van der Waals surface area contributed by atoms with Crippen molar-refractivity contribution in [1.29, 1.82) is 0 Å². The van der Waals surface area contributed by atoms with Gasteiger partial charge in [-0.2, -0.15) is 0 Å². The lowest BCUT2D eigenvalue weighted by molar-refractivity contribution is -0.139. The smallest absolute Gasteiger partial charge is 0.264 e. The van der Waals surface area contributed by atoms with Gasteiger partial charge in [0.1, 0.15) is 18.3 Å². The first-order valence-corrected chi connectivity index (χ1v) is 15.9. The standard InChI is InChI=1S/C32H38ClN3O5S/c1-22-15-17-28(18-16-22)42(39,40)36(30-14-8-13-29(33)23(30)2)21-31(37)35(20-25-9-7-12-27(19-25)41-4)24(3)32(38)34-26-10-5-6-11-26/h7-9,12-19,24,26H,5-6,10-11,20-21H2,1-4H3,(H,34,38). The van der Waals surface area contributed by atoms with Gasteiger partial charge in [-0.05, 0) is 81.1 Å². The van der Waals surface area contributed by atoms with Gasteiger partial charge < -0.3 is 15.0 Å². The number of nitrogens with one attached hydrogen (secondary N) is 1. The van der Waals surface area contributed by atoms with Crippen LogP contribution >= 0.6 is 11.6 Å². The van der Waals surface area contributed by atoms with E-state index in [1.54, 1.807) is 63.4 Å². The number of methoxy groups -OCH3 is 1. The van der Waals surface area contributed by atoms with Gasteiger partial charge in [-0.1, -0.05) is 60.3 Å². The van der Waals surface area contributed by atoms with Crippen LogP contribution in [0.1, 0.15) is 49.3 Å². The zero-order valence-corrected chi connectivity index (χ0v) is 26.0. The van der Waals surface area contributed by atoms with Crippen molar-refractivity contribution in [2.24, 2.45) is 0 Å². The summed E-state index contributed by atoms with van der Waals surface area (Å²) in [4.78, 5) is 29.0. The van der Waals surface area contributed by atoms with Crippen LogP contribution < -0.4 is 14.4 Å². The van der Waals surface area contributed by atoms with E-state index < -0.39 is 28.5 Å². The molecule has 10 heteroatoms. The van der Waals surface area contributed by atoms with E-state index in [4.69, 9.17) is 16.3 Å². The Hall–Kier alpha value is -3.56. The molecule has 1 saturated carbocycles. The number of amides is 2. The maximum atomic E-state index is 14.2. The summed E-state index contributed by atoms with van der Waals surface area (Å²) >= 11 is 6.40. The van der Waals surface area contributed by atoms with E-state index >= 15 is 0 Å². The molecular weight excluding hydrogens is 574 g/mol. The molecule has 3 aromatic rings. The Labute approximate surface area is 253 Å². The molecule has 2 amide bonds. The maximum Gasteiger partial charge on any atom is 0.264 e. The van der Waals surface area contributed by atoms with E-state index in [0.717, 1.165) is 41.1 Å². The third kappa shape index (κ3) is 7.25. The van der Waals surface area contributed by atoms with Crippen molar-refractivity contribution in [2.75, 3.05) is 18.0 Å². The van der Waals surface area contributed by atoms with Crippen molar-refractivity contribution in [3.63, 3.8) is 0 Å². The quantitative estimate of drug-likeness (QED) is 0.303. The molecule has 0 aromatic heterocycles. The summed E-state index contributed by atoms with van der Waals surface area (Å²) in [5, 5.41) is 3.45. The molecule has 224 valence electrons. The number of sulfonamides is 1. The summed E-state index contributed by atoms with van der Waals surface area (Å²) in [6.07, 6.45) is 3.91. The average Bonchev–Trinajstić information content (AvgIpc) is 3.49. The highest BCUT2D eigenvalue weighted by Gasteiger charge is 2.34. The van der Waals surface area contributed by atoms with Crippen LogP contribution in [-0.2, 0) is 26.2 Å². The van der Waals surface area contributed by atoms with Crippen LogP contribution in [0.25, 0.3) is 0 Å². The number of anilines is 1. The number of nitrogens with zero attached hydrogens (tertiary/aromatic N) is 2. The Morgan fingerprint density at radius 2 is 1.69 bits per heavy atom. The maximum absolute atomic E-state index is 14.2. The number of halogens is 1. The Kier molecular flexibility index (Phi) is 10.2. The summed E-state index contributed by atoms with van der Waals surface area (Å²) < 4.78 is 34.6. The molecular formula is C32H38ClN3O5S. The summed E-state index contributed by atoms with van der Waals surface area (Å²) in [6.45, 7) is 4.81. The minimum Gasteiger partial charge on any atom is -0.497 e. The molecule has 1 fully saturated rings. The first-order valence-electron chi connectivity index (χ1n) is 14.1. The Balaban J connectivity index is 1.72. The van der Waals surface area contributed by atoms with Crippen molar-refractivity contribution in [3.05, 3.63) is 88.4 Å². The highest BCUT2D eigenvalue weighted by molar-refractivity contribution is 7.92. The van der Waals surface area contributed by atoms with Gasteiger partial charge in [0.05, 0.1) is 17.7 Å². The predicted molar refractivity (Wildman–Crippen MR) is 165 cm³/mol. The van der Waals surface area contributed by atoms with E-state index in [1.807, 2.05) is 19.1 Å². The van der Waals surface area contributed by atoms with Gasteiger partial charge in [-0.3, -0.25) is 13.9 Å². The molecule has 8 nitrogen and oxygen atoms in total. The molecule has 4 rings (SSSR count). The molecule has 0 radical (unpaired) electrons. The number of carbonyl (C=O) groups excluding carboxylic acids is 2. The second kappa shape index (κ2) is 13.6. The third-order valence-electron chi connectivity index (χ3n) is 7.75. The fourth-order valence-electron chi connectivity index (χ4n) is 5.16. The van der Waals surface area contributed by atoms with Crippen LogP contribution in [0.15, 0.2) is 71.6 Å². The van der Waals surface area contributed by atoms with E-state index in [1.165, 1.54) is 17.0 Å². The Bertz CT molecular complexity index is 1520. The third-order valence-corrected chi connectivity index (χ3v) is 9.93. The molecule has 0 spiro atoms. The molecule has 0 heterocycles. The van der Waals surface area contributed by atoms with Gasteiger partial charge in [0.15, 0.2) is 0 Å². The van der Waals surface area contributed by atoms with Crippen molar-refractivity contribution in [3.8, 4) is 5.75 Å². The molecule has 1 atom stereocenters. The van der Waals surface area contributed by atoms with E-state index in [9.17, 15) is 18.0 Å². The summed E-state index contributed by atoms with van der Waals surface area (Å²) in [5.41, 5.74) is 2.46. The van der Waals surface area contributed by atoms with Crippen molar-refractivity contribution in [1.82, 2.24) is 10.2 Å². The Morgan fingerprint density at radius 3 is 2.36 bits per heavy atom. The Morgan fingerprint density at radius 1 is 1.02 bits per heavy atom. The largest absolute Gasteiger partial charge is 0.497 e. The molecule has 0 saturated heterocycles. The molecule has 1 aliphatic carbocycles. The van der Waals surface area contributed by atoms with Crippen molar-refractivity contribution >= 4 is 39.1 Å². The predicted octanol–water partition coefficient (Wildman–Crippen LogP) is 5.64. The second-order valence-corrected chi connectivity index (χ2v) is 13.0. The zero-order valence-electron chi connectivity index (χ0n) is 24.5. The van der Waals surface area contributed by atoms with Crippen LogP contribution in [0.5, 0.6) is 5.75 Å². The fraction of sp³-hybridized carbons (Fsp3) is 0.375. The van der Waals surface area contributed by atoms with Gasteiger partial charge >= 0.3 is 0 Å². The average molecular weight is 612 g/mol. The fourth-order valence-corrected chi connectivity index (χ4v) is 6.80. The number of hydrogen-bond donors (Lipinski definition) is 1. The molecule has 1 unspecified atom stereocenters. The number of ether oxygens (including phenoxy) is 1. The van der Waals surface area contributed by atoms with E-state index in [-0.39, 0.29) is 23.4 Å². The SMILES string of the molecule is COc1cccc(CN(C(=O)CN(c2cccc(Cl)c2C)S(=O)(=O)c2ccc(C)cc2)C(C)C(=O)NC2CCCC2)c1. The molecule has 1 aliphatic rings. The molecule has 42 heavy (non-hydrogen) atoms. The van der Waals surface area contributed by atoms with E-state index in [0.29, 0.717) is 22.0 Å². The lowest BCUT2D eigenvalue weighted by Gasteiger charge is -2.33. The van der Waals surface area contributed by atoms with Gasteiger partial charge in [0.25, 0.3) is 10.0 Å². The lowest BCUT2D eigenvalue weighted by atomic mass is 10.1. The number of carbonyl (C=O) groups is 2. The first-order chi connectivity index (χ1) is 20.0. The number of hydrogen-bond acceptors (Lipinski definition) is 5. The minimum atomic E-state index is -4.18. The van der Waals surface area contributed by atoms with Crippen LogP contribution in [0, 0.1) is 13.8 Å². The number of aryl methyl sites for hydroxylation is 1. The van der Waals surface area contributed by atoms with Crippen molar-refractivity contribution < 1.29 is 22.7 Å². The minimum absolute atomic E-state index is 0.0478. The zero-order chi connectivity index (χ0) is 30.4. The van der Waals surface area contributed by atoms with Crippen molar-refractivity contribution in [2.45, 2.75) is 70.0 Å². The molecule has 0 bridgehead atoms. The topological polar surface area (TPSA) is 96.0 Å². The van der Waals surface area contributed by atoms with Crippen LogP contribution in [0.4, 0.5) is 5.69 Å². The van der Waals surface area contributed by atoms with Gasteiger partial charge in [0, 0.05) is 17.6 Å². The highest BCUT2D eigenvalue weighted by Crippen LogP contribution is 2.31. The van der Waals surface area contributed by atoms with Crippen LogP contribution in [0.2, 0.25) is 5.02 Å². The highest BCUT2D eigenvalue weighted by atomic mass is 35.5. The van der Waals surface area contributed by atoms with Gasteiger partial charge in [0.2, 0.25) is 11.8 Å². The van der Waals surface area contributed by atoms with Gasteiger partial charge in [-0.15, -0.1) is 0 Å². The van der Waals surface area contributed by atoms with Crippen LogP contribution in [-0.4, -0.2) is 50.9 Å². The van der Waals surface area contributed by atoms with Gasteiger partial charge in [-0.25, -0.2) is 8.42 Å². The van der Waals surface area contributed by atoms with E-state index in [2.05, 4.69) is 5.32 Å². The molecule has 0 aliphatic heterocycles. The monoisotopic (exact) mass is 611 g/mol.